The van der Waals surface area contributed by atoms with Crippen molar-refractivity contribution in [3.05, 3.63) is 18.3 Å². The Labute approximate surface area is 78.1 Å². The van der Waals surface area contributed by atoms with Crippen molar-refractivity contribution in [3.8, 4) is 5.88 Å². The minimum Gasteiger partial charge on any atom is -0.481 e. The molecule has 1 aliphatic rings. The summed E-state index contributed by atoms with van der Waals surface area (Å²) in [6.07, 6.45) is 4.25. The molecule has 0 spiro atoms. The van der Waals surface area contributed by atoms with E-state index in [-0.39, 0.29) is 0 Å². The number of hydrogen-bond donors (Lipinski definition) is 1. The molecule has 1 aromatic heterocycles. The first-order valence-corrected chi connectivity index (χ1v) is 4.50. The predicted octanol–water partition coefficient (Wildman–Crippen LogP) is 2.05. The highest BCUT2D eigenvalue weighted by Gasteiger charge is 2.36. The predicted molar refractivity (Wildman–Crippen MR) is 52.1 cm³/mol. The molecule has 70 valence electrons. The van der Waals surface area contributed by atoms with E-state index in [1.54, 1.807) is 13.3 Å². The van der Waals surface area contributed by atoms with Crippen molar-refractivity contribution in [1.29, 1.82) is 0 Å². The molecule has 1 saturated carbocycles. The molecule has 3 heteroatoms. The van der Waals surface area contributed by atoms with Crippen LogP contribution in [0.5, 0.6) is 5.88 Å². The van der Waals surface area contributed by atoms with Crippen LogP contribution in [0, 0.1) is 0 Å². The molecule has 0 aliphatic heterocycles. The van der Waals surface area contributed by atoms with Gasteiger partial charge in [-0.25, -0.2) is 4.98 Å². The third-order valence-electron chi connectivity index (χ3n) is 2.39. The molecule has 1 fully saturated rings. The van der Waals surface area contributed by atoms with Crippen LogP contribution in [0.25, 0.3) is 0 Å². The molecule has 0 unspecified atom stereocenters. The maximum Gasteiger partial charge on any atom is 0.214 e. The fourth-order valence-electron chi connectivity index (χ4n) is 1.26. The van der Waals surface area contributed by atoms with Crippen LogP contribution >= 0.6 is 0 Å². The summed E-state index contributed by atoms with van der Waals surface area (Å²) in [4.78, 5) is 4.05. The van der Waals surface area contributed by atoms with Gasteiger partial charge in [0.2, 0.25) is 5.88 Å². The second-order valence-electron chi connectivity index (χ2n) is 3.77. The molecule has 0 radical (unpaired) electrons. The summed E-state index contributed by atoms with van der Waals surface area (Å²) in [7, 11) is 1.63. The van der Waals surface area contributed by atoms with E-state index < -0.39 is 0 Å². The summed E-state index contributed by atoms with van der Waals surface area (Å²) in [5.41, 5.74) is 1.40. The number of hydrogen-bond acceptors (Lipinski definition) is 3. The van der Waals surface area contributed by atoms with Gasteiger partial charge in [-0.15, -0.1) is 0 Å². The second kappa shape index (κ2) is 2.91. The van der Waals surface area contributed by atoms with E-state index in [2.05, 4.69) is 17.2 Å². The van der Waals surface area contributed by atoms with E-state index in [1.165, 1.54) is 12.8 Å². The van der Waals surface area contributed by atoms with Gasteiger partial charge in [0.05, 0.1) is 7.11 Å². The van der Waals surface area contributed by atoms with E-state index in [4.69, 9.17) is 4.74 Å². The van der Waals surface area contributed by atoms with Gasteiger partial charge in [0.15, 0.2) is 0 Å². The maximum atomic E-state index is 5.04. The number of pyridine rings is 1. The molecule has 0 saturated heterocycles. The topological polar surface area (TPSA) is 34.1 Å². The zero-order valence-electron chi connectivity index (χ0n) is 8.00. The molecule has 3 nitrogen and oxygen atoms in total. The summed E-state index contributed by atoms with van der Waals surface area (Å²) in [5.74, 6) is 0.661. The van der Waals surface area contributed by atoms with Gasteiger partial charge in [0, 0.05) is 23.5 Å². The highest BCUT2D eigenvalue weighted by Crippen LogP contribution is 2.38. The standard InChI is InChI=1S/C10H14N2O/c1-10(4-5-10)12-8-3-6-11-9(7-8)13-2/h3,6-7H,4-5H2,1-2H3,(H,11,12). The normalized spacial score (nSPS) is 18.0. The number of aromatic nitrogens is 1. The van der Waals surface area contributed by atoms with Crippen LogP contribution in [0.3, 0.4) is 0 Å². The van der Waals surface area contributed by atoms with Crippen LogP contribution in [-0.2, 0) is 0 Å². The number of methoxy groups -OCH3 is 1. The fraction of sp³-hybridized carbons (Fsp3) is 0.500. The van der Waals surface area contributed by atoms with Crippen LogP contribution in [0.4, 0.5) is 5.69 Å². The number of ether oxygens (including phenoxy) is 1. The van der Waals surface area contributed by atoms with Crippen molar-refractivity contribution < 1.29 is 4.74 Å². The first-order valence-electron chi connectivity index (χ1n) is 4.50. The Kier molecular flexibility index (Phi) is 1.87. The highest BCUT2D eigenvalue weighted by molar-refractivity contribution is 5.48. The van der Waals surface area contributed by atoms with Gasteiger partial charge in [0.25, 0.3) is 0 Å². The monoisotopic (exact) mass is 178 g/mol. The van der Waals surface area contributed by atoms with Crippen molar-refractivity contribution >= 4 is 5.69 Å². The summed E-state index contributed by atoms with van der Waals surface area (Å²) in [6.45, 7) is 2.22. The zero-order valence-corrected chi connectivity index (χ0v) is 8.00. The molecule has 13 heavy (non-hydrogen) atoms. The van der Waals surface area contributed by atoms with E-state index >= 15 is 0 Å². The van der Waals surface area contributed by atoms with Crippen LogP contribution in [0.15, 0.2) is 18.3 Å². The Bertz CT molecular complexity index is 308. The van der Waals surface area contributed by atoms with Gasteiger partial charge in [-0.05, 0) is 25.8 Å². The van der Waals surface area contributed by atoms with Crippen LogP contribution < -0.4 is 10.1 Å². The van der Waals surface area contributed by atoms with Gasteiger partial charge < -0.3 is 10.1 Å². The van der Waals surface area contributed by atoms with Crippen LogP contribution in [0.1, 0.15) is 19.8 Å². The van der Waals surface area contributed by atoms with Crippen molar-refractivity contribution in [2.75, 3.05) is 12.4 Å². The lowest BCUT2D eigenvalue weighted by atomic mass is 10.3. The lowest BCUT2D eigenvalue weighted by molar-refractivity contribution is 0.398. The largest absolute Gasteiger partial charge is 0.481 e. The summed E-state index contributed by atoms with van der Waals surface area (Å²) in [6, 6.07) is 3.88. The average Bonchev–Trinajstić information content (AvgIpc) is 2.84. The van der Waals surface area contributed by atoms with Gasteiger partial charge in [-0.1, -0.05) is 0 Å². The lowest BCUT2D eigenvalue weighted by Gasteiger charge is -2.13. The van der Waals surface area contributed by atoms with Gasteiger partial charge in [-0.3, -0.25) is 0 Å². The average molecular weight is 178 g/mol. The molecule has 1 aliphatic carbocycles. The highest BCUT2D eigenvalue weighted by atomic mass is 16.5. The van der Waals surface area contributed by atoms with Gasteiger partial charge >= 0.3 is 0 Å². The van der Waals surface area contributed by atoms with Crippen LogP contribution in [-0.4, -0.2) is 17.6 Å². The summed E-state index contributed by atoms with van der Waals surface area (Å²) in [5, 5.41) is 3.45. The van der Waals surface area contributed by atoms with Gasteiger partial charge in [-0.2, -0.15) is 0 Å². The van der Waals surface area contributed by atoms with Crippen molar-refractivity contribution in [2.45, 2.75) is 25.3 Å². The Morgan fingerprint density at radius 2 is 2.31 bits per heavy atom. The molecule has 0 amide bonds. The molecule has 0 atom stereocenters. The van der Waals surface area contributed by atoms with Crippen molar-refractivity contribution in [2.24, 2.45) is 0 Å². The molecule has 1 N–H and O–H groups in total. The summed E-state index contributed by atoms with van der Waals surface area (Å²) >= 11 is 0. The maximum absolute atomic E-state index is 5.04. The molecular formula is C10H14N2O. The van der Waals surface area contributed by atoms with E-state index in [0.717, 1.165) is 5.69 Å². The Hall–Kier alpha value is -1.25. The molecule has 0 bridgehead atoms. The quantitative estimate of drug-likeness (QED) is 0.769. The van der Waals surface area contributed by atoms with E-state index in [9.17, 15) is 0 Å². The first kappa shape index (κ1) is 8.35. The number of nitrogens with zero attached hydrogens (tertiary/aromatic N) is 1. The number of rotatable bonds is 3. The Morgan fingerprint density at radius 3 is 2.92 bits per heavy atom. The fourth-order valence-corrected chi connectivity index (χ4v) is 1.26. The smallest absolute Gasteiger partial charge is 0.214 e. The molecule has 1 aromatic rings. The summed E-state index contributed by atoms with van der Waals surface area (Å²) < 4.78 is 5.04. The molecule has 0 aromatic carbocycles. The third-order valence-corrected chi connectivity index (χ3v) is 2.39. The molecular weight excluding hydrogens is 164 g/mol. The Morgan fingerprint density at radius 1 is 1.54 bits per heavy atom. The number of nitrogens with one attached hydrogen (secondary N) is 1. The van der Waals surface area contributed by atoms with Crippen LogP contribution in [0.2, 0.25) is 0 Å². The van der Waals surface area contributed by atoms with Gasteiger partial charge in [0.1, 0.15) is 0 Å². The lowest BCUT2D eigenvalue weighted by Crippen LogP contribution is -2.15. The van der Waals surface area contributed by atoms with Crippen molar-refractivity contribution in [1.82, 2.24) is 4.98 Å². The zero-order chi connectivity index (χ0) is 9.31. The third kappa shape index (κ3) is 1.91. The first-order chi connectivity index (χ1) is 6.22. The minimum absolute atomic E-state index is 0.312. The van der Waals surface area contributed by atoms with E-state index in [1.807, 2.05) is 12.1 Å². The number of anilines is 1. The minimum atomic E-state index is 0.312. The van der Waals surface area contributed by atoms with E-state index in [0.29, 0.717) is 11.4 Å². The molecule has 1 heterocycles. The molecule has 2 rings (SSSR count). The second-order valence-corrected chi connectivity index (χ2v) is 3.77. The van der Waals surface area contributed by atoms with Crippen molar-refractivity contribution in [3.63, 3.8) is 0 Å². The SMILES string of the molecule is COc1cc(NC2(C)CC2)ccn1. The Balaban J connectivity index is 2.11.